The molecule has 0 bridgehead atoms. The van der Waals surface area contributed by atoms with Gasteiger partial charge in [0, 0.05) is 13.1 Å². The van der Waals surface area contributed by atoms with Crippen molar-refractivity contribution >= 4 is 21.9 Å². The Morgan fingerprint density at radius 2 is 2.06 bits per heavy atom. The van der Waals surface area contributed by atoms with E-state index in [2.05, 4.69) is 25.0 Å². The number of nitrogen functional groups attached to an aromatic ring is 1. The summed E-state index contributed by atoms with van der Waals surface area (Å²) in [5.41, 5.74) is 5.43. The molecule has 0 saturated heterocycles. The highest BCUT2D eigenvalue weighted by atomic mass is 32.2. The van der Waals surface area contributed by atoms with Gasteiger partial charge in [-0.3, -0.25) is 0 Å². The largest absolute Gasteiger partial charge is 0.467 e. The van der Waals surface area contributed by atoms with Gasteiger partial charge in [0.05, 0.1) is 12.9 Å². The first-order valence-corrected chi connectivity index (χ1v) is 6.89. The molecule has 102 valence electrons. The van der Waals surface area contributed by atoms with Gasteiger partial charge in [-0.05, 0) is 0 Å². The minimum absolute atomic E-state index is 0.00103. The maximum atomic E-state index is 11.4. The van der Waals surface area contributed by atoms with Crippen LogP contribution in [0.15, 0.2) is 0 Å². The number of hydrogen-bond donors (Lipinski definition) is 3. The Hall–Kier alpha value is -1.68. The number of sulfonamides is 1. The van der Waals surface area contributed by atoms with Crippen molar-refractivity contribution in [3.8, 4) is 6.01 Å². The van der Waals surface area contributed by atoms with E-state index in [0.29, 0.717) is 6.54 Å². The quantitative estimate of drug-likeness (QED) is 0.566. The molecule has 0 unspecified atom stereocenters. The van der Waals surface area contributed by atoms with Crippen LogP contribution in [0.4, 0.5) is 11.9 Å². The molecule has 4 N–H and O–H groups in total. The van der Waals surface area contributed by atoms with E-state index in [-0.39, 0.29) is 30.2 Å². The number of methoxy groups -OCH3 is 1. The summed E-state index contributed by atoms with van der Waals surface area (Å²) in [6.45, 7) is 2.22. The minimum Gasteiger partial charge on any atom is -0.467 e. The third-order valence-corrected chi connectivity index (χ3v) is 3.30. The lowest BCUT2D eigenvalue weighted by Crippen LogP contribution is -2.29. The zero-order valence-electron chi connectivity index (χ0n) is 10.2. The Kier molecular flexibility index (Phi) is 5.04. The minimum atomic E-state index is -3.27. The second-order valence-electron chi connectivity index (χ2n) is 3.25. The summed E-state index contributed by atoms with van der Waals surface area (Å²) < 4.78 is 29.9. The van der Waals surface area contributed by atoms with Crippen LogP contribution in [0.5, 0.6) is 6.01 Å². The highest BCUT2D eigenvalue weighted by Crippen LogP contribution is 2.07. The molecular weight excluding hydrogens is 260 g/mol. The molecule has 0 radical (unpaired) electrons. The van der Waals surface area contributed by atoms with Gasteiger partial charge in [-0.25, -0.2) is 13.1 Å². The van der Waals surface area contributed by atoms with Crippen LogP contribution in [0.25, 0.3) is 0 Å². The molecule has 0 aromatic carbocycles. The van der Waals surface area contributed by atoms with Crippen LogP contribution in [0.3, 0.4) is 0 Å². The van der Waals surface area contributed by atoms with E-state index in [1.165, 1.54) is 7.11 Å². The molecule has 18 heavy (non-hydrogen) atoms. The molecule has 0 aliphatic rings. The molecule has 0 fully saturated rings. The van der Waals surface area contributed by atoms with E-state index in [1.54, 1.807) is 6.92 Å². The fourth-order valence-corrected chi connectivity index (χ4v) is 2.09. The maximum Gasteiger partial charge on any atom is 0.322 e. The second kappa shape index (κ2) is 6.31. The van der Waals surface area contributed by atoms with Crippen LogP contribution in [0, 0.1) is 0 Å². The van der Waals surface area contributed by atoms with Crippen molar-refractivity contribution in [1.82, 2.24) is 19.7 Å². The van der Waals surface area contributed by atoms with E-state index in [0.717, 1.165) is 0 Å². The number of ether oxygens (including phenoxy) is 1. The standard InChI is InChI=1S/C8H16N6O3S/c1-3-11-18(15,16)5-4-10-7-12-6(9)13-8(14-7)17-2/h11H,3-5H2,1-2H3,(H3,9,10,12,13,14). The summed E-state index contributed by atoms with van der Waals surface area (Å²) in [6.07, 6.45) is 0. The molecule has 1 aromatic rings. The van der Waals surface area contributed by atoms with Gasteiger partial charge in [0.1, 0.15) is 0 Å². The van der Waals surface area contributed by atoms with Crippen molar-refractivity contribution in [2.45, 2.75) is 6.92 Å². The Balaban J connectivity index is 2.56. The summed E-state index contributed by atoms with van der Waals surface area (Å²) in [4.78, 5) is 11.4. The van der Waals surface area contributed by atoms with Gasteiger partial charge >= 0.3 is 6.01 Å². The number of rotatable bonds is 7. The Morgan fingerprint density at radius 1 is 1.33 bits per heavy atom. The molecule has 0 aliphatic heterocycles. The van der Waals surface area contributed by atoms with Gasteiger partial charge < -0.3 is 15.8 Å². The van der Waals surface area contributed by atoms with E-state index < -0.39 is 10.0 Å². The molecule has 9 nitrogen and oxygen atoms in total. The third kappa shape index (κ3) is 4.67. The Bertz CT molecular complexity index is 492. The number of nitrogens with one attached hydrogen (secondary N) is 2. The summed E-state index contributed by atoms with van der Waals surface area (Å²) >= 11 is 0. The summed E-state index contributed by atoms with van der Waals surface area (Å²) in [5, 5.41) is 2.73. The first-order chi connectivity index (χ1) is 8.46. The van der Waals surface area contributed by atoms with Crippen molar-refractivity contribution in [3.63, 3.8) is 0 Å². The first-order valence-electron chi connectivity index (χ1n) is 5.23. The van der Waals surface area contributed by atoms with Crippen LogP contribution >= 0.6 is 0 Å². The highest BCUT2D eigenvalue weighted by molar-refractivity contribution is 7.89. The summed E-state index contributed by atoms with van der Waals surface area (Å²) in [6, 6.07) is 0.0690. The molecule has 0 spiro atoms. The molecule has 0 atom stereocenters. The molecule has 0 amide bonds. The third-order valence-electron chi connectivity index (χ3n) is 1.83. The zero-order valence-corrected chi connectivity index (χ0v) is 11.0. The lowest BCUT2D eigenvalue weighted by atomic mass is 10.7. The molecule has 10 heteroatoms. The average Bonchev–Trinajstić information content (AvgIpc) is 2.27. The predicted octanol–water partition coefficient (Wildman–Crippen LogP) is -1.19. The molecular formula is C8H16N6O3S. The summed E-state index contributed by atoms with van der Waals surface area (Å²) in [5.74, 6) is 0.0827. The van der Waals surface area contributed by atoms with Gasteiger partial charge in [0.15, 0.2) is 0 Å². The number of aromatic nitrogens is 3. The van der Waals surface area contributed by atoms with Crippen molar-refractivity contribution < 1.29 is 13.2 Å². The summed E-state index contributed by atoms with van der Waals surface area (Å²) in [7, 11) is -1.88. The smallest absolute Gasteiger partial charge is 0.322 e. The SMILES string of the molecule is CCNS(=O)(=O)CCNc1nc(N)nc(OC)n1. The van der Waals surface area contributed by atoms with Crippen molar-refractivity contribution in [2.24, 2.45) is 0 Å². The van der Waals surface area contributed by atoms with Gasteiger partial charge in [0.2, 0.25) is 21.9 Å². The van der Waals surface area contributed by atoms with Crippen LogP contribution < -0.4 is 20.5 Å². The maximum absolute atomic E-state index is 11.4. The van der Waals surface area contributed by atoms with Gasteiger partial charge in [-0.2, -0.15) is 15.0 Å². The lowest BCUT2D eigenvalue weighted by molar-refractivity contribution is 0.380. The zero-order chi connectivity index (χ0) is 13.6. The number of hydrogen-bond acceptors (Lipinski definition) is 8. The molecule has 0 saturated carbocycles. The number of anilines is 2. The van der Waals surface area contributed by atoms with E-state index in [9.17, 15) is 8.42 Å². The van der Waals surface area contributed by atoms with Gasteiger partial charge in [-0.1, -0.05) is 6.92 Å². The second-order valence-corrected chi connectivity index (χ2v) is 5.17. The van der Waals surface area contributed by atoms with Crippen molar-refractivity contribution in [3.05, 3.63) is 0 Å². The fourth-order valence-electron chi connectivity index (χ4n) is 1.13. The van der Waals surface area contributed by atoms with Gasteiger partial charge in [0.25, 0.3) is 0 Å². The molecule has 0 aliphatic carbocycles. The molecule has 1 rings (SSSR count). The van der Waals surface area contributed by atoms with E-state index >= 15 is 0 Å². The van der Waals surface area contributed by atoms with E-state index in [1.807, 2.05) is 0 Å². The van der Waals surface area contributed by atoms with Crippen LogP contribution in [-0.2, 0) is 10.0 Å². The topological polar surface area (TPSA) is 132 Å². The Labute approximate surface area is 105 Å². The predicted molar refractivity (Wildman–Crippen MR) is 66.7 cm³/mol. The normalized spacial score (nSPS) is 11.2. The van der Waals surface area contributed by atoms with Crippen LogP contribution in [0.2, 0.25) is 0 Å². The monoisotopic (exact) mass is 276 g/mol. The fraction of sp³-hybridized carbons (Fsp3) is 0.625. The van der Waals surface area contributed by atoms with Crippen molar-refractivity contribution in [1.29, 1.82) is 0 Å². The van der Waals surface area contributed by atoms with Crippen molar-refractivity contribution in [2.75, 3.05) is 37.0 Å². The van der Waals surface area contributed by atoms with E-state index in [4.69, 9.17) is 10.5 Å². The van der Waals surface area contributed by atoms with Crippen LogP contribution in [-0.4, -0.2) is 49.3 Å². The molecule has 1 heterocycles. The first kappa shape index (κ1) is 14.4. The lowest BCUT2D eigenvalue weighted by Gasteiger charge is -2.07. The average molecular weight is 276 g/mol. The Morgan fingerprint density at radius 3 is 2.67 bits per heavy atom. The molecule has 1 aromatic heterocycles. The van der Waals surface area contributed by atoms with Crippen LogP contribution in [0.1, 0.15) is 6.92 Å². The number of nitrogens with two attached hydrogens (primary N) is 1. The van der Waals surface area contributed by atoms with Gasteiger partial charge in [-0.15, -0.1) is 0 Å². The number of nitrogens with zero attached hydrogens (tertiary/aromatic N) is 3. The highest BCUT2D eigenvalue weighted by Gasteiger charge is 2.09.